The number of aromatic nitrogens is 2. The molecule has 2 aromatic rings. The lowest BCUT2D eigenvalue weighted by molar-refractivity contribution is 0.618. The van der Waals surface area contributed by atoms with Crippen molar-refractivity contribution in [2.45, 2.75) is 13.0 Å². The molecule has 2 heterocycles. The number of halogens is 1. The normalized spacial score (nSPS) is 14.5. The summed E-state index contributed by atoms with van der Waals surface area (Å²) in [7, 11) is 0. The zero-order valence-corrected chi connectivity index (χ0v) is 9.31. The smallest absolute Gasteiger partial charge is 0.225 e. The van der Waals surface area contributed by atoms with Gasteiger partial charge in [-0.2, -0.15) is 0 Å². The summed E-state index contributed by atoms with van der Waals surface area (Å²) in [5.74, 6) is 0.579. The van der Waals surface area contributed by atoms with Crippen molar-refractivity contribution in [2.24, 2.45) is 0 Å². The molecule has 0 atom stereocenters. The first-order chi connectivity index (χ1) is 8.33. The number of rotatable bonds is 1. The van der Waals surface area contributed by atoms with Crippen molar-refractivity contribution in [3.63, 3.8) is 0 Å². The van der Waals surface area contributed by atoms with Crippen LogP contribution in [0.25, 0.3) is 0 Å². The van der Waals surface area contributed by atoms with Gasteiger partial charge in [0.05, 0.1) is 0 Å². The first kappa shape index (κ1) is 10.2. The second-order valence-electron chi connectivity index (χ2n) is 4.13. The molecule has 1 aromatic heterocycles. The van der Waals surface area contributed by atoms with E-state index in [0.717, 1.165) is 36.6 Å². The summed E-state index contributed by atoms with van der Waals surface area (Å²) in [6, 6.07) is 6.78. The van der Waals surface area contributed by atoms with Crippen LogP contribution in [0.4, 0.5) is 10.3 Å². The van der Waals surface area contributed by atoms with Gasteiger partial charge in [-0.3, -0.25) is 0 Å². The largest absolute Gasteiger partial charge is 0.336 e. The van der Waals surface area contributed by atoms with Crippen LogP contribution in [0.2, 0.25) is 0 Å². The summed E-state index contributed by atoms with van der Waals surface area (Å²) in [6.07, 6.45) is 4.32. The molecule has 0 N–H and O–H groups in total. The summed E-state index contributed by atoms with van der Waals surface area (Å²) in [5.41, 5.74) is 2.25. The van der Waals surface area contributed by atoms with E-state index in [1.54, 1.807) is 24.5 Å². The van der Waals surface area contributed by atoms with Gasteiger partial charge in [-0.15, -0.1) is 0 Å². The Balaban J connectivity index is 1.88. The second-order valence-corrected chi connectivity index (χ2v) is 4.13. The summed E-state index contributed by atoms with van der Waals surface area (Å²) in [5, 5.41) is 0. The van der Waals surface area contributed by atoms with E-state index in [0.29, 0.717) is 0 Å². The van der Waals surface area contributed by atoms with Crippen LogP contribution in [-0.2, 0) is 13.0 Å². The monoisotopic (exact) mass is 229 g/mol. The fourth-order valence-corrected chi connectivity index (χ4v) is 2.15. The Hall–Kier alpha value is -1.97. The SMILES string of the molecule is Fc1ccc2c(c1)CCN(c1ncccn1)C2. The molecule has 4 heteroatoms. The molecule has 0 bridgehead atoms. The van der Waals surface area contributed by atoms with Gasteiger partial charge in [-0.1, -0.05) is 6.07 Å². The molecule has 0 spiro atoms. The zero-order chi connectivity index (χ0) is 11.7. The van der Waals surface area contributed by atoms with Crippen molar-refractivity contribution in [3.8, 4) is 0 Å². The van der Waals surface area contributed by atoms with E-state index < -0.39 is 0 Å². The van der Waals surface area contributed by atoms with Gasteiger partial charge in [0, 0.05) is 25.5 Å². The summed E-state index contributed by atoms with van der Waals surface area (Å²) < 4.78 is 13.1. The number of fused-ring (bicyclic) bond motifs is 1. The molecule has 0 radical (unpaired) electrons. The fourth-order valence-electron chi connectivity index (χ4n) is 2.15. The molecule has 0 aliphatic carbocycles. The van der Waals surface area contributed by atoms with E-state index in [9.17, 15) is 4.39 Å². The number of nitrogens with zero attached hydrogens (tertiary/aromatic N) is 3. The molecule has 1 aliphatic heterocycles. The summed E-state index contributed by atoms with van der Waals surface area (Å²) in [4.78, 5) is 10.6. The minimum Gasteiger partial charge on any atom is -0.336 e. The van der Waals surface area contributed by atoms with E-state index in [1.165, 1.54) is 6.07 Å². The van der Waals surface area contributed by atoms with Crippen LogP contribution in [0.1, 0.15) is 11.1 Å². The molecule has 86 valence electrons. The van der Waals surface area contributed by atoms with E-state index in [1.807, 2.05) is 6.07 Å². The van der Waals surface area contributed by atoms with E-state index in [4.69, 9.17) is 0 Å². The highest BCUT2D eigenvalue weighted by Crippen LogP contribution is 2.22. The van der Waals surface area contributed by atoms with Gasteiger partial charge in [-0.05, 0) is 35.7 Å². The predicted molar refractivity (Wildman–Crippen MR) is 63.2 cm³/mol. The van der Waals surface area contributed by atoms with Crippen LogP contribution in [-0.4, -0.2) is 16.5 Å². The van der Waals surface area contributed by atoms with Crippen molar-refractivity contribution in [3.05, 3.63) is 53.6 Å². The van der Waals surface area contributed by atoms with Crippen LogP contribution in [0.5, 0.6) is 0 Å². The van der Waals surface area contributed by atoms with E-state index >= 15 is 0 Å². The van der Waals surface area contributed by atoms with Gasteiger partial charge >= 0.3 is 0 Å². The first-order valence-corrected chi connectivity index (χ1v) is 5.62. The van der Waals surface area contributed by atoms with E-state index in [-0.39, 0.29) is 5.82 Å². The maximum atomic E-state index is 13.1. The molecule has 1 aliphatic rings. The second kappa shape index (κ2) is 4.13. The first-order valence-electron chi connectivity index (χ1n) is 5.62. The van der Waals surface area contributed by atoms with Gasteiger partial charge in [0.15, 0.2) is 0 Å². The summed E-state index contributed by atoms with van der Waals surface area (Å²) in [6.45, 7) is 1.58. The third-order valence-corrected chi connectivity index (χ3v) is 3.02. The Morgan fingerprint density at radius 1 is 1.12 bits per heavy atom. The lowest BCUT2D eigenvalue weighted by atomic mass is 10.00. The maximum Gasteiger partial charge on any atom is 0.225 e. The molecule has 17 heavy (non-hydrogen) atoms. The Morgan fingerprint density at radius 2 is 1.94 bits per heavy atom. The third kappa shape index (κ3) is 1.98. The minimum atomic E-state index is -0.159. The number of hydrogen-bond donors (Lipinski definition) is 0. The van der Waals surface area contributed by atoms with E-state index in [2.05, 4.69) is 14.9 Å². The van der Waals surface area contributed by atoms with Crippen LogP contribution in [0, 0.1) is 5.82 Å². The van der Waals surface area contributed by atoms with Gasteiger partial charge in [0.2, 0.25) is 5.95 Å². The lowest BCUT2D eigenvalue weighted by Crippen LogP contribution is -2.31. The topological polar surface area (TPSA) is 29.0 Å². The quantitative estimate of drug-likeness (QED) is 0.750. The molecular weight excluding hydrogens is 217 g/mol. The molecular formula is C13H12FN3. The van der Waals surface area contributed by atoms with Crippen molar-refractivity contribution in [1.82, 2.24) is 9.97 Å². The Labute approximate surface area is 98.9 Å². The molecule has 3 nitrogen and oxygen atoms in total. The van der Waals surface area contributed by atoms with Crippen molar-refractivity contribution < 1.29 is 4.39 Å². The van der Waals surface area contributed by atoms with Gasteiger partial charge in [0.1, 0.15) is 5.82 Å². The van der Waals surface area contributed by atoms with Gasteiger partial charge in [-0.25, -0.2) is 14.4 Å². The highest BCUT2D eigenvalue weighted by atomic mass is 19.1. The van der Waals surface area contributed by atoms with Crippen LogP contribution in [0.3, 0.4) is 0 Å². The lowest BCUT2D eigenvalue weighted by Gasteiger charge is -2.28. The Bertz CT molecular complexity index is 527. The average molecular weight is 229 g/mol. The van der Waals surface area contributed by atoms with Gasteiger partial charge < -0.3 is 4.90 Å². The van der Waals surface area contributed by atoms with Crippen LogP contribution in [0.15, 0.2) is 36.7 Å². The average Bonchev–Trinajstić information content (AvgIpc) is 2.39. The molecule has 3 rings (SSSR count). The highest BCUT2D eigenvalue weighted by molar-refractivity contribution is 5.39. The third-order valence-electron chi connectivity index (χ3n) is 3.02. The maximum absolute atomic E-state index is 13.1. The number of hydrogen-bond acceptors (Lipinski definition) is 3. The van der Waals surface area contributed by atoms with Crippen molar-refractivity contribution in [2.75, 3.05) is 11.4 Å². The van der Waals surface area contributed by atoms with Crippen LogP contribution >= 0.6 is 0 Å². The predicted octanol–water partition coefficient (Wildman–Crippen LogP) is 2.18. The highest BCUT2D eigenvalue weighted by Gasteiger charge is 2.18. The minimum absolute atomic E-state index is 0.159. The Kier molecular flexibility index (Phi) is 2.48. The van der Waals surface area contributed by atoms with Crippen molar-refractivity contribution >= 4 is 5.95 Å². The fraction of sp³-hybridized carbons (Fsp3) is 0.231. The van der Waals surface area contributed by atoms with Gasteiger partial charge in [0.25, 0.3) is 0 Å². The van der Waals surface area contributed by atoms with Crippen LogP contribution < -0.4 is 4.90 Å². The van der Waals surface area contributed by atoms with Crippen molar-refractivity contribution in [1.29, 1.82) is 0 Å². The summed E-state index contributed by atoms with van der Waals surface area (Å²) >= 11 is 0. The zero-order valence-electron chi connectivity index (χ0n) is 9.31. The molecule has 0 saturated carbocycles. The molecule has 0 saturated heterocycles. The molecule has 1 aromatic carbocycles. The number of benzene rings is 1. The Morgan fingerprint density at radius 3 is 2.76 bits per heavy atom. The molecule has 0 unspecified atom stereocenters. The molecule has 0 fully saturated rings. The number of anilines is 1. The standard InChI is InChI=1S/C13H12FN3/c14-12-3-2-11-9-17(7-4-10(11)8-12)13-15-5-1-6-16-13/h1-3,5-6,8H,4,7,9H2. The molecule has 0 amide bonds.